The molecule has 1 heterocycles. The SMILES string of the molecule is CCOc1nc(Oc2ccc(Cl)c(F)c2)ccc1N. The Kier molecular flexibility index (Phi) is 4.06. The molecule has 0 spiro atoms. The lowest BCUT2D eigenvalue weighted by Crippen LogP contribution is -2.00. The Hall–Kier alpha value is -2.01. The van der Waals surface area contributed by atoms with E-state index in [4.69, 9.17) is 26.8 Å². The first-order valence-corrected chi connectivity index (χ1v) is 6.00. The molecular weight excluding hydrogens is 271 g/mol. The van der Waals surface area contributed by atoms with Gasteiger partial charge in [-0.2, -0.15) is 4.98 Å². The summed E-state index contributed by atoms with van der Waals surface area (Å²) in [6.07, 6.45) is 0. The summed E-state index contributed by atoms with van der Waals surface area (Å²) in [4.78, 5) is 4.08. The number of hydrogen-bond donors (Lipinski definition) is 1. The molecule has 2 N–H and O–H groups in total. The van der Waals surface area contributed by atoms with Crippen LogP contribution in [0.15, 0.2) is 30.3 Å². The van der Waals surface area contributed by atoms with Gasteiger partial charge in [0.15, 0.2) is 0 Å². The molecule has 0 saturated heterocycles. The summed E-state index contributed by atoms with van der Waals surface area (Å²) in [7, 11) is 0. The van der Waals surface area contributed by atoms with Crippen molar-refractivity contribution >= 4 is 17.3 Å². The van der Waals surface area contributed by atoms with Crippen molar-refractivity contribution in [2.45, 2.75) is 6.92 Å². The van der Waals surface area contributed by atoms with Gasteiger partial charge in [0.2, 0.25) is 11.8 Å². The molecule has 2 aromatic rings. The number of ether oxygens (including phenoxy) is 2. The predicted molar refractivity (Wildman–Crippen MR) is 71.3 cm³/mol. The number of nitrogens with two attached hydrogens (primary N) is 1. The van der Waals surface area contributed by atoms with E-state index < -0.39 is 5.82 Å². The standard InChI is InChI=1S/C13H12ClFN2O2/c1-2-18-13-11(16)5-6-12(17-13)19-8-3-4-9(14)10(15)7-8/h3-7H,2,16H2,1H3. The van der Waals surface area contributed by atoms with Gasteiger partial charge in [-0.3, -0.25) is 0 Å². The van der Waals surface area contributed by atoms with Crippen LogP contribution in [0.1, 0.15) is 6.92 Å². The van der Waals surface area contributed by atoms with Crippen molar-refractivity contribution in [1.29, 1.82) is 0 Å². The van der Waals surface area contributed by atoms with Crippen molar-refractivity contribution in [3.8, 4) is 17.5 Å². The van der Waals surface area contributed by atoms with Crippen LogP contribution in [0.25, 0.3) is 0 Å². The van der Waals surface area contributed by atoms with Crippen molar-refractivity contribution < 1.29 is 13.9 Å². The monoisotopic (exact) mass is 282 g/mol. The first-order chi connectivity index (χ1) is 9.10. The molecule has 0 amide bonds. The molecule has 0 aliphatic heterocycles. The lowest BCUT2D eigenvalue weighted by atomic mass is 10.3. The van der Waals surface area contributed by atoms with Gasteiger partial charge >= 0.3 is 0 Å². The molecule has 0 unspecified atom stereocenters. The Bertz CT molecular complexity index is 593. The minimum atomic E-state index is -0.556. The van der Waals surface area contributed by atoms with E-state index in [1.54, 1.807) is 18.2 Å². The van der Waals surface area contributed by atoms with Crippen molar-refractivity contribution in [1.82, 2.24) is 4.98 Å². The van der Waals surface area contributed by atoms with Crippen LogP contribution in [0.4, 0.5) is 10.1 Å². The van der Waals surface area contributed by atoms with Gasteiger partial charge in [0.25, 0.3) is 0 Å². The fourth-order valence-corrected chi connectivity index (χ4v) is 1.52. The summed E-state index contributed by atoms with van der Waals surface area (Å²) in [6, 6.07) is 7.32. The lowest BCUT2D eigenvalue weighted by molar-refractivity contribution is 0.323. The quantitative estimate of drug-likeness (QED) is 0.930. The molecule has 0 aliphatic carbocycles. The summed E-state index contributed by atoms with van der Waals surface area (Å²) in [6.45, 7) is 2.26. The summed E-state index contributed by atoms with van der Waals surface area (Å²) < 4.78 is 23.9. The van der Waals surface area contributed by atoms with Gasteiger partial charge in [-0.05, 0) is 25.1 Å². The smallest absolute Gasteiger partial charge is 0.240 e. The van der Waals surface area contributed by atoms with E-state index in [1.807, 2.05) is 6.92 Å². The first-order valence-electron chi connectivity index (χ1n) is 5.62. The van der Waals surface area contributed by atoms with Gasteiger partial charge in [-0.1, -0.05) is 11.6 Å². The molecule has 1 aromatic heterocycles. The number of rotatable bonds is 4. The highest BCUT2D eigenvalue weighted by molar-refractivity contribution is 6.30. The highest BCUT2D eigenvalue weighted by atomic mass is 35.5. The molecule has 0 saturated carbocycles. The highest BCUT2D eigenvalue weighted by Gasteiger charge is 2.07. The molecule has 2 rings (SSSR count). The predicted octanol–water partition coefficient (Wildman–Crippen LogP) is 3.65. The normalized spacial score (nSPS) is 10.3. The second-order valence-electron chi connectivity index (χ2n) is 3.65. The maximum absolute atomic E-state index is 13.3. The van der Waals surface area contributed by atoms with Gasteiger partial charge in [0, 0.05) is 12.1 Å². The minimum Gasteiger partial charge on any atom is -0.476 e. The molecule has 100 valence electrons. The summed E-state index contributed by atoms with van der Waals surface area (Å²) >= 11 is 5.59. The molecule has 0 radical (unpaired) electrons. The zero-order chi connectivity index (χ0) is 13.8. The fourth-order valence-electron chi connectivity index (χ4n) is 1.40. The van der Waals surface area contributed by atoms with Gasteiger partial charge < -0.3 is 15.2 Å². The van der Waals surface area contributed by atoms with Crippen molar-refractivity contribution in [3.05, 3.63) is 41.2 Å². The maximum Gasteiger partial charge on any atom is 0.240 e. The molecule has 0 aliphatic rings. The fraction of sp³-hybridized carbons (Fsp3) is 0.154. The van der Waals surface area contributed by atoms with E-state index in [9.17, 15) is 4.39 Å². The summed E-state index contributed by atoms with van der Waals surface area (Å²) in [5.74, 6) is 0.287. The number of nitrogen functional groups attached to an aromatic ring is 1. The third-order valence-corrected chi connectivity index (χ3v) is 2.57. The number of anilines is 1. The van der Waals surface area contributed by atoms with E-state index in [1.165, 1.54) is 12.1 Å². The molecule has 6 heteroatoms. The number of benzene rings is 1. The van der Waals surface area contributed by atoms with Crippen molar-refractivity contribution in [3.63, 3.8) is 0 Å². The Balaban J connectivity index is 2.22. The van der Waals surface area contributed by atoms with Crippen molar-refractivity contribution in [2.24, 2.45) is 0 Å². The Morgan fingerprint density at radius 3 is 2.79 bits per heavy atom. The van der Waals surface area contributed by atoms with Crippen LogP contribution in [0.5, 0.6) is 17.5 Å². The Morgan fingerprint density at radius 2 is 2.11 bits per heavy atom. The van der Waals surface area contributed by atoms with Crippen LogP contribution in [-0.4, -0.2) is 11.6 Å². The van der Waals surface area contributed by atoms with E-state index in [0.29, 0.717) is 18.0 Å². The zero-order valence-electron chi connectivity index (χ0n) is 10.2. The number of nitrogens with zero attached hydrogens (tertiary/aromatic N) is 1. The summed E-state index contributed by atoms with van der Waals surface area (Å²) in [5.41, 5.74) is 6.11. The van der Waals surface area contributed by atoms with Crippen LogP contribution >= 0.6 is 11.6 Å². The molecule has 1 aromatic carbocycles. The molecule has 0 fully saturated rings. The summed E-state index contributed by atoms with van der Waals surface area (Å²) in [5, 5.41) is 0.0348. The molecule has 4 nitrogen and oxygen atoms in total. The average Bonchev–Trinajstić information content (AvgIpc) is 2.38. The van der Waals surface area contributed by atoms with Crippen LogP contribution < -0.4 is 15.2 Å². The van der Waals surface area contributed by atoms with E-state index in [0.717, 1.165) is 0 Å². The first kappa shape index (κ1) is 13.4. The zero-order valence-corrected chi connectivity index (χ0v) is 10.9. The largest absolute Gasteiger partial charge is 0.476 e. The maximum atomic E-state index is 13.3. The average molecular weight is 283 g/mol. The second kappa shape index (κ2) is 5.75. The lowest BCUT2D eigenvalue weighted by Gasteiger charge is -2.09. The van der Waals surface area contributed by atoms with Gasteiger partial charge in [-0.15, -0.1) is 0 Å². The Labute approximate surface area is 114 Å². The van der Waals surface area contributed by atoms with Crippen LogP contribution in [-0.2, 0) is 0 Å². The van der Waals surface area contributed by atoms with Gasteiger partial charge in [0.1, 0.15) is 11.6 Å². The molecule has 0 bridgehead atoms. The molecule has 19 heavy (non-hydrogen) atoms. The molecule has 0 atom stereocenters. The van der Waals surface area contributed by atoms with Crippen LogP contribution in [0, 0.1) is 5.82 Å². The van der Waals surface area contributed by atoms with Crippen molar-refractivity contribution in [2.75, 3.05) is 12.3 Å². The van der Waals surface area contributed by atoms with Gasteiger partial charge in [-0.25, -0.2) is 4.39 Å². The van der Waals surface area contributed by atoms with E-state index in [-0.39, 0.29) is 16.8 Å². The topological polar surface area (TPSA) is 57.4 Å². The number of aromatic nitrogens is 1. The molecular formula is C13H12ClFN2O2. The number of halogens is 2. The van der Waals surface area contributed by atoms with E-state index in [2.05, 4.69) is 4.98 Å². The highest BCUT2D eigenvalue weighted by Crippen LogP contribution is 2.27. The number of pyridine rings is 1. The van der Waals surface area contributed by atoms with E-state index >= 15 is 0 Å². The van der Waals surface area contributed by atoms with Crippen LogP contribution in [0.3, 0.4) is 0 Å². The third kappa shape index (κ3) is 3.26. The Morgan fingerprint density at radius 1 is 1.32 bits per heavy atom. The number of hydrogen-bond acceptors (Lipinski definition) is 4. The second-order valence-corrected chi connectivity index (χ2v) is 4.06. The minimum absolute atomic E-state index is 0.0348. The van der Waals surface area contributed by atoms with Gasteiger partial charge in [0.05, 0.1) is 17.3 Å². The van der Waals surface area contributed by atoms with Crippen LogP contribution in [0.2, 0.25) is 5.02 Å². The third-order valence-electron chi connectivity index (χ3n) is 2.26.